The van der Waals surface area contributed by atoms with E-state index in [4.69, 9.17) is 4.74 Å². The van der Waals surface area contributed by atoms with Crippen molar-refractivity contribution in [3.8, 4) is 5.75 Å². The number of benzene rings is 1. The van der Waals surface area contributed by atoms with Crippen molar-refractivity contribution in [2.75, 3.05) is 6.61 Å². The molecule has 3 rings (SSSR count). The molecule has 0 radical (unpaired) electrons. The van der Waals surface area contributed by atoms with Crippen LogP contribution in [0.2, 0.25) is 0 Å². The quantitative estimate of drug-likeness (QED) is 0.795. The third-order valence-corrected chi connectivity index (χ3v) is 3.63. The van der Waals surface area contributed by atoms with Crippen LogP contribution in [0.4, 0.5) is 0 Å². The zero-order chi connectivity index (χ0) is 15.0. The molecule has 0 bridgehead atoms. The van der Waals surface area contributed by atoms with E-state index < -0.39 is 0 Å². The molecule has 0 aliphatic carbocycles. The number of ether oxygens (including phenoxy) is 1. The van der Waals surface area contributed by atoms with Crippen molar-refractivity contribution in [1.29, 1.82) is 0 Å². The first-order valence-electron chi connectivity index (χ1n) is 6.93. The summed E-state index contributed by atoms with van der Waals surface area (Å²) in [5.41, 5.74) is 2.29. The van der Waals surface area contributed by atoms with E-state index >= 15 is 0 Å². The van der Waals surface area contributed by atoms with Gasteiger partial charge in [0.2, 0.25) is 0 Å². The van der Waals surface area contributed by atoms with E-state index in [1.165, 1.54) is 6.33 Å². The highest BCUT2D eigenvalue weighted by Gasteiger charge is 2.26. The summed E-state index contributed by atoms with van der Waals surface area (Å²) in [4.78, 5) is 16.7. The van der Waals surface area contributed by atoms with Crippen LogP contribution in [0.25, 0.3) is 6.08 Å². The molecule has 1 aromatic heterocycles. The number of carbonyl (C=O) groups is 1. The Morgan fingerprint density at radius 1 is 1.38 bits per heavy atom. The molecule has 0 atom stereocenters. The second-order valence-electron chi connectivity index (χ2n) is 5.41. The topological polar surface area (TPSA) is 57.0 Å². The second kappa shape index (κ2) is 5.16. The summed E-state index contributed by atoms with van der Waals surface area (Å²) in [6.07, 6.45) is 3.20. The van der Waals surface area contributed by atoms with Crippen molar-refractivity contribution in [3.05, 3.63) is 47.1 Å². The Hall–Kier alpha value is -2.43. The Bertz CT molecular complexity index is 729. The predicted molar refractivity (Wildman–Crippen MR) is 79.3 cm³/mol. The molecule has 5 nitrogen and oxygen atoms in total. The van der Waals surface area contributed by atoms with Crippen molar-refractivity contribution in [1.82, 2.24) is 14.8 Å². The molecular formula is C16H17N3O2. The summed E-state index contributed by atoms with van der Waals surface area (Å²) in [5, 5.41) is 4.00. The molecule has 5 heteroatoms. The molecule has 21 heavy (non-hydrogen) atoms. The number of hydrogen-bond acceptors (Lipinski definition) is 4. The minimum atomic E-state index is 0.00162. The minimum Gasteiger partial charge on any atom is -0.488 e. The van der Waals surface area contributed by atoms with E-state index in [2.05, 4.69) is 23.9 Å². The lowest BCUT2D eigenvalue weighted by Crippen LogP contribution is -2.20. The van der Waals surface area contributed by atoms with E-state index in [0.29, 0.717) is 28.6 Å². The molecular weight excluding hydrogens is 266 g/mol. The summed E-state index contributed by atoms with van der Waals surface area (Å²) in [6, 6.07) is 5.72. The Balaban J connectivity index is 2.02. The van der Waals surface area contributed by atoms with Crippen LogP contribution >= 0.6 is 0 Å². The highest BCUT2D eigenvalue weighted by molar-refractivity contribution is 6.14. The Morgan fingerprint density at radius 2 is 2.19 bits per heavy atom. The number of rotatable bonds is 2. The van der Waals surface area contributed by atoms with Gasteiger partial charge in [-0.05, 0) is 23.6 Å². The molecule has 0 amide bonds. The van der Waals surface area contributed by atoms with Gasteiger partial charge in [0.25, 0.3) is 0 Å². The molecule has 0 fully saturated rings. The van der Waals surface area contributed by atoms with Crippen molar-refractivity contribution in [2.45, 2.75) is 19.8 Å². The van der Waals surface area contributed by atoms with E-state index in [1.807, 2.05) is 18.2 Å². The number of nitrogens with zero attached hydrogens (tertiary/aromatic N) is 3. The highest BCUT2D eigenvalue weighted by Crippen LogP contribution is 2.35. The number of Topliss-reactive ketones (excluding diaryl/α,β-unsaturated/α-hetero) is 1. The lowest BCUT2D eigenvalue weighted by Gasteiger charge is -2.22. The van der Waals surface area contributed by atoms with Gasteiger partial charge in [0.1, 0.15) is 18.7 Å². The van der Waals surface area contributed by atoms with Crippen LogP contribution in [-0.4, -0.2) is 27.2 Å². The monoisotopic (exact) mass is 283 g/mol. The van der Waals surface area contributed by atoms with Crippen molar-refractivity contribution < 1.29 is 9.53 Å². The predicted octanol–water partition coefficient (Wildman–Crippen LogP) is 2.60. The van der Waals surface area contributed by atoms with Crippen molar-refractivity contribution in [3.63, 3.8) is 0 Å². The standard InChI is InChI=1S/C16H17N3O2/c1-10(2)12-5-4-6-13-15(20)11(8-21-16(12)13)7-14-17-9-18-19(14)3/h4-7,9-10H,8H2,1-3H3/b11-7+. The fourth-order valence-corrected chi connectivity index (χ4v) is 2.44. The average molecular weight is 283 g/mol. The van der Waals surface area contributed by atoms with E-state index in [1.54, 1.807) is 17.8 Å². The van der Waals surface area contributed by atoms with Gasteiger partial charge in [-0.25, -0.2) is 9.67 Å². The summed E-state index contributed by atoms with van der Waals surface area (Å²) in [7, 11) is 1.79. The first-order chi connectivity index (χ1) is 10.1. The van der Waals surface area contributed by atoms with Gasteiger partial charge in [-0.2, -0.15) is 5.10 Å². The molecule has 0 spiro atoms. The molecule has 2 aromatic rings. The maximum absolute atomic E-state index is 12.6. The van der Waals surface area contributed by atoms with Gasteiger partial charge in [-0.15, -0.1) is 0 Å². The van der Waals surface area contributed by atoms with Gasteiger partial charge in [-0.1, -0.05) is 26.0 Å². The molecule has 0 saturated carbocycles. The van der Waals surface area contributed by atoms with Crippen LogP contribution in [0.1, 0.15) is 41.5 Å². The van der Waals surface area contributed by atoms with Gasteiger partial charge in [0.05, 0.1) is 5.56 Å². The van der Waals surface area contributed by atoms with Gasteiger partial charge in [0.15, 0.2) is 11.6 Å². The van der Waals surface area contributed by atoms with Crippen LogP contribution < -0.4 is 4.74 Å². The van der Waals surface area contributed by atoms with Gasteiger partial charge in [0, 0.05) is 12.6 Å². The molecule has 0 N–H and O–H groups in total. The molecule has 1 aliphatic heterocycles. The third kappa shape index (κ3) is 2.35. The summed E-state index contributed by atoms with van der Waals surface area (Å²) >= 11 is 0. The second-order valence-corrected chi connectivity index (χ2v) is 5.41. The number of para-hydroxylation sites is 1. The van der Waals surface area contributed by atoms with Crippen LogP contribution in [0, 0.1) is 0 Å². The van der Waals surface area contributed by atoms with Crippen molar-refractivity contribution in [2.24, 2.45) is 7.05 Å². The Labute approximate surface area is 123 Å². The zero-order valence-corrected chi connectivity index (χ0v) is 12.3. The molecule has 0 saturated heterocycles. The number of aryl methyl sites for hydroxylation is 1. The largest absolute Gasteiger partial charge is 0.488 e. The minimum absolute atomic E-state index is 0.00162. The SMILES string of the molecule is CC(C)c1cccc2c1OC/C(=C\c1ncnn1C)C2=O. The van der Waals surface area contributed by atoms with Gasteiger partial charge in [-0.3, -0.25) is 4.79 Å². The average Bonchev–Trinajstić information content (AvgIpc) is 2.87. The van der Waals surface area contributed by atoms with E-state index in [-0.39, 0.29) is 12.4 Å². The Morgan fingerprint density at radius 3 is 2.86 bits per heavy atom. The number of fused-ring (bicyclic) bond motifs is 1. The first kappa shape index (κ1) is 13.5. The van der Waals surface area contributed by atoms with E-state index in [0.717, 1.165) is 5.56 Å². The lowest BCUT2D eigenvalue weighted by molar-refractivity contribution is 0.1000. The molecule has 1 aromatic carbocycles. The summed E-state index contributed by atoms with van der Waals surface area (Å²) < 4.78 is 7.47. The molecule has 1 aliphatic rings. The van der Waals surface area contributed by atoms with Crippen LogP contribution in [0.5, 0.6) is 5.75 Å². The fourth-order valence-electron chi connectivity index (χ4n) is 2.44. The van der Waals surface area contributed by atoms with Crippen molar-refractivity contribution >= 4 is 11.9 Å². The fraction of sp³-hybridized carbons (Fsp3) is 0.312. The maximum atomic E-state index is 12.6. The van der Waals surface area contributed by atoms with Crippen LogP contribution in [0.3, 0.4) is 0 Å². The van der Waals surface area contributed by atoms with Crippen LogP contribution in [-0.2, 0) is 7.05 Å². The highest BCUT2D eigenvalue weighted by atomic mass is 16.5. The van der Waals surface area contributed by atoms with Gasteiger partial charge < -0.3 is 4.74 Å². The van der Waals surface area contributed by atoms with Crippen LogP contribution in [0.15, 0.2) is 30.1 Å². The van der Waals surface area contributed by atoms with Gasteiger partial charge >= 0.3 is 0 Å². The maximum Gasteiger partial charge on any atom is 0.196 e. The Kier molecular flexibility index (Phi) is 3.33. The zero-order valence-electron chi connectivity index (χ0n) is 12.3. The number of hydrogen-bond donors (Lipinski definition) is 0. The molecule has 0 unspecified atom stereocenters. The summed E-state index contributed by atoms with van der Waals surface area (Å²) in [5.74, 6) is 1.68. The third-order valence-electron chi connectivity index (χ3n) is 3.63. The smallest absolute Gasteiger partial charge is 0.196 e. The number of ketones is 1. The lowest BCUT2D eigenvalue weighted by atomic mass is 9.93. The van der Waals surface area contributed by atoms with E-state index in [9.17, 15) is 4.79 Å². The molecule has 2 heterocycles. The number of aromatic nitrogens is 3. The number of carbonyl (C=O) groups excluding carboxylic acids is 1. The summed E-state index contributed by atoms with van der Waals surface area (Å²) in [6.45, 7) is 4.45. The first-order valence-corrected chi connectivity index (χ1v) is 6.93. The molecule has 108 valence electrons. The normalized spacial score (nSPS) is 16.2.